The molecule has 1 N–H and O–H groups in total. The number of aromatic nitrogens is 1. The molecule has 1 aromatic heterocycles. The summed E-state index contributed by atoms with van der Waals surface area (Å²) in [5.74, 6) is 0. The summed E-state index contributed by atoms with van der Waals surface area (Å²) in [6, 6.07) is 8.77. The van der Waals surface area contributed by atoms with E-state index in [-0.39, 0.29) is 5.41 Å². The molecule has 0 saturated heterocycles. The smallest absolute Gasteiger partial charge is 0.0758 e. The molecule has 0 fully saturated rings. The summed E-state index contributed by atoms with van der Waals surface area (Å²) in [4.78, 5) is 4.51. The molecule has 19 heavy (non-hydrogen) atoms. The van der Waals surface area contributed by atoms with Gasteiger partial charge in [0.2, 0.25) is 0 Å². The molecular weight excluding hydrogens is 300 g/mol. The van der Waals surface area contributed by atoms with Crippen molar-refractivity contribution in [1.29, 1.82) is 0 Å². The van der Waals surface area contributed by atoms with Crippen LogP contribution in [-0.4, -0.2) is 11.0 Å². The predicted octanol–water partition coefficient (Wildman–Crippen LogP) is 4.52. The molecule has 3 heteroatoms. The molecule has 0 aliphatic heterocycles. The summed E-state index contributed by atoms with van der Waals surface area (Å²) >= 11 is 3.58. The predicted molar refractivity (Wildman–Crippen MR) is 85.2 cm³/mol. The number of nitrogens with zero attached hydrogens (tertiary/aromatic N) is 1. The number of halogens is 1. The topological polar surface area (TPSA) is 24.9 Å². The third-order valence-corrected chi connectivity index (χ3v) is 4.39. The van der Waals surface area contributed by atoms with Crippen LogP contribution in [0.1, 0.15) is 33.3 Å². The van der Waals surface area contributed by atoms with Crippen LogP contribution in [0.4, 0.5) is 0 Å². The molecule has 2 rings (SSSR count). The van der Waals surface area contributed by atoms with Crippen LogP contribution in [0.15, 0.2) is 34.9 Å². The highest BCUT2D eigenvalue weighted by Gasteiger charge is 2.19. The number of hydrogen-bond acceptors (Lipinski definition) is 2. The van der Waals surface area contributed by atoms with Crippen LogP contribution < -0.4 is 5.32 Å². The van der Waals surface area contributed by atoms with E-state index in [4.69, 9.17) is 0 Å². The minimum atomic E-state index is 0.262. The molecule has 0 saturated carbocycles. The minimum absolute atomic E-state index is 0.262. The van der Waals surface area contributed by atoms with E-state index in [9.17, 15) is 0 Å². The molecule has 2 nitrogen and oxygen atoms in total. The first kappa shape index (κ1) is 14.5. The van der Waals surface area contributed by atoms with Gasteiger partial charge in [-0.25, -0.2) is 0 Å². The van der Waals surface area contributed by atoms with Gasteiger partial charge in [0.1, 0.15) is 0 Å². The zero-order chi connectivity index (χ0) is 14.0. The van der Waals surface area contributed by atoms with Crippen LogP contribution in [0.3, 0.4) is 0 Å². The van der Waals surface area contributed by atoms with E-state index < -0.39 is 0 Å². The largest absolute Gasteiger partial charge is 0.310 e. The second-order valence-corrected chi connectivity index (χ2v) is 6.93. The van der Waals surface area contributed by atoms with Crippen molar-refractivity contribution >= 4 is 26.8 Å². The van der Waals surface area contributed by atoms with E-state index in [2.05, 4.69) is 72.1 Å². The van der Waals surface area contributed by atoms with Crippen molar-refractivity contribution in [2.24, 2.45) is 5.41 Å². The van der Waals surface area contributed by atoms with Crippen molar-refractivity contribution in [3.8, 4) is 0 Å². The Labute approximate surface area is 123 Å². The molecule has 0 bridgehead atoms. The summed E-state index contributed by atoms with van der Waals surface area (Å²) in [6.45, 7) is 9.83. The van der Waals surface area contributed by atoms with Crippen molar-refractivity contribution in [3.05, 3.63) is 40.5 Å². The summed E-state index contributed by atoms with van der Waals surface area (Å²) < 4.78 is 1.10. The van der Waals surface area contributed by atoms with Crippen molar-refractivity contribution in [2.75, 3.05) is 0 Å². The van der Waals surface area contributed by atoms with E-state index >= 15 is 0 Å². The number of hydrogen-bond donors (Lipinski definition) is 1. The molecule has 0 radical (unpaired) electrons. The summed E-state index contributed by atoms with van der Waals surface area (Å²) in [7, 11) is 0. The van der Waals surface area contributed by atoms with Gasteiger partial charge in [0.05, 0.1) is 5.52 Å². The van der Waals surface area contributed by atoms with Crippen LogP contribution in [0, 0.1) is 5.41 Å². The van der Waals surface area contributed by atoms with Crippen LogP contribution >= 0.6 is 15.9 Å². The minimum Gasteiger partial charge on any atom is -0.310 e. The zero-order valence-corrected chi connectivity index (χ0v) is 13.6. The average Bonchev–Trinajstić information content (AvgIpc) is 2.37. The molecule has 0 amide bonds. The van der Waals surface area contributed by atoms with Crippen molar-refractivity contribution in [1.82, 2.24) is 10.3 Å². The van der Waals surface area contributed by atoms with Gasteiger partial charge >= 0.3 is 0 Å². The standard InChI is InChI=1S/C16H21BrN2/c1-11(16(2,3)4)19-10-12-7-8-14(17)13-6-5-9-18-15(12)13/h5-9,11,19H,10H2,1-4H3. The highest BCUT2D eigenvalue weighted by atomic mass is 79.9. The number of pyridine rings is 1. The van der Waals surface area contributed by atoms with Crippen LogP contribution in [0.5, 0.6) is 0 Å². The third kappa shape index (κ3) is 3.34. The van der Waals surface area contributed by atoms with Crippen LogP contribution in [-0.2, 0) is 6.54 Å². The monoisotopic (exact) mass is 320 g/mol. The van der Waals surface area contributed by atoms with Crippen molar-refractivity contribution < 1.29 is 0 Å². The molecule has 1 atom stereocenters. The fourth-order valence-corrected chi connectivity index (χ4v) is 2.36. The average molecular weight is 321 g/mol. The molecule has 0 aliphatic rings. The summed E-state index contributed by atoms with van der Waals surface area (Å²) in [6.07, 6.45) is 1.85. The van der Waals surface area contributed by atoms with Gasteiger partial charge in [-0.2, -0.15) is 0 Å². The third-order valence-electron chi connectivity index (χ3n) is 3.70. The lowest BCUT2D eigenvalue weighted by molar-refractivity contribution is 0.285. The summed E-state index contributed by atoms with van der Waals surface area (Å²) in [5, 5.41) is 4.77. The van der Waals surface area contributed by atoms with E-state index in [0.717, 1.165) is 16.5 Å². The number of fused-ring (bicyclic) bond motifs is 1. The maximum Gasteiger partial charge on any atom is 0.0758 e. The van der Waals surface area contributed by atoms with E-state index in [1.54, 1.807) is 0 Å². The Kier molecular flexibility index (Phi) is 4.26. The fraction of sp³-hybridized carbons (Fsp3) is 0.438. The van der Waals surface area contributed by atoms with E-state index in [0.29, 0.717) is 6.04 Å². The van der Waals surface area contributed by atoms with Gasteiger partial charge in [-0.1, -0.05) is 48.8 Å². The maximum atomic E-state index is 4.51. The van der Waals surface area contributed by atoms with Crippen LogP contribution in [0.2, 0.25) is 0 Å². The second-order valence-electron chi connectivity index (χ2n) is 6.07. The molecule has 0 aliphatic carbocycles. The Bertz CT molecular complexity index is 572. The highest BCUT2D eigenvalue weighted by Crippen LogP contribution is 2.26. The number of benzene rings is 1. The number of rotatable bonds is 3. The molecule has 1 heterocycles. The van der Waals surface area contributed by atoms with Gasteiger partial charge in [-0.05, 0) is 30.0 Å². The SMILES string of the molecule is CC(NCc1ccc(Br)c2cccnc12)C(C)(C)C. The lowest BCUT2D eigenvalue weighted by Crippen LogP contribution is -2.37. The molecule has 2 aromatic rings. The van der Waals surface area contributed by atoms with E-state index in [1.165, 1.54) is 10.9 Å². The Hall–Kier alpha value is -0.930. The lowest BCUT2D eigenvalue weighted by atomic mass is 9.88. The molecular formula is C16H21BrN2. The summed E-state index contributed by atoms with van der Waals surface area (Å²) in [5.41, 5.74) is 2.58. The molecule has 1 aromatic carbocycles. The van der Waals surface area contributed by atoms with E-state index in [1.807, 2.05) is 12.3 Å². The Morgan fingerprint density at radius 2 is 2.00 bits per heavy atom. The maximum absolute atomic E-state index is 4.51. The quantitative estimate of drug-likeness (QED) is 0.899. The Balaban J connectivity index is 2.25. The van der Waals surface area contributed by atoms with Crippen LogP contribution in [0.25, 0.3) is 10.9 Å². The van der Waals surface area contributed by atoms with Gasteiger partial charge in [0.15, 0.2) is 0 Å². The van der Waals surface area contributed by atoms with Crippen molar-refractivity contribution in [2.45, 2.75) is 40.3 Å². The zero-order valence-electron chi connectivity index (χ0n) is 12.0. The second kappa shape index (κ2) is 5.59. The Morgan fingerprint density at radius 3 is 2.68 bits per heavy atom. The molecule has 0 spiro atoms. The fourth-order valence-electron chi connectivity index (χ4n) is 1.91. The van der Waals surface area contributed by atoms with Gasteiger partial charge < -0.3 is 5.32 Å². The van der Waals surface area contributed by atoms with Gasteiger partial charge in [0, 0.05) is 28.6 Å². The normalized spacial score (nSPS) is 13.7. The van der Waals surface area contributed by atoms with Gasteiger partial charge in [-0.15, -0.1) is 0 Å². The van der Waals surface area contributed by atoms with Gasteiger partial charge in [0.25, 0.3) is 0 Å². The first-order chi connectivity index (χ1) is 8.89. The van der Waals surface area contributed by atoms with Crippen molar-refractivity contribution in [3.63, 3.8) is 0 Å². The Morgan fingerprint density at radius 1 is 1.26 bits per heavy atom. The lowest BCUT2D eigenvalue weighted by Gasteiger charge is -2.28. The van der Waals surface area contributed by atoms with Gasteiger partial charge in [-0.3, -0.25) is 4.98 Å². The highest BCUT2D eigenvalue weighted by molar-refractivity contribution is 9.10. The molecule has 102 valence electrons. The number of nitrogens with one attached hydrogen (secondary N) is 1. The first-order valence-electron chi connectivity index (χ1n) is 6.65. The molecule has 1 unspecified atom stereocenters. The first-order valence-corrected chi connectivity index (χ1v) is 7.44.